The van der Waals surface area contributed by atoms with E-state index in [1.807, 2.05) is 24.3 Å². The van der Waals surface area contributed by atoms with Gasteiger partial charge in [0.25, 0.3) is 0 Å². The van der Waals surface area contributed by atoms with E-state index in [2.05, 4.69) is 131 Å². The number of benzene rings is 5. The van der Waals surface area contributed by atoms with Gasteiger partial charge >= 0.3 is 7.12 Å². The van der Waals surface area contributed by atoms with Gasteiger partial charge in [0.2, 0.25) is 0 Å². The molecule has 0 spiro atoms. The summed E-state index contributed by atoms with van der Waals surface area (Å²) in [5, 5.41) is 1.02. The molecule has 5 heteroatoms. The molecule has 1 aromatic heterocycles. The minimum Gasteiger partial charge on any atom is -0.399 e. The zero-order valence-corrected chi connectivity index (χ0v) is 24.9. The molecule has 5 aromatic carbocycles. The van der Waals surface area contributed by atoms with Crippen LogP contribution in [0.5, 0.6) is 0 Å². The van der Waals surface area contributed by atoms with Crippen molar-refractivity contribution in [2.75, 3.05) is 0 Å². The monoisotopic (exact) mass is 560 g/mol. The maximum atomic E-state index is 6.27. The molecule has 0 aliphatic carbocycles. The van der Waals surface area contributed by atoms with Crippen LogP contribution in [0.25, 0.3) is 55.8 Å². The second-order valence-electron chi connectivity index (χ2n) is 12.2. The lowest BCUT2D eigenvalue weighted by Crippen LogP contribution is -2.41. The molecular formula is C38H33BN2O2. The summed E-state index contributed by atoms with van der Waals surface area (Å²) in [4.78, 5) is 10.2. The van der Waals surface area contributed by atoms with Gasteiger partial charge in [-0.25, -0.2) is 9.97 Å². The smallest absolute Gasteiger partial charge is 0.399 e. The molecule has 0 atom stereocenters. The molecule has 1 fully saturated rings. The predicted octanol–water partition coefficient (Wildman–Crippen LogP) is 8.60. The highest BCUT2D eigenvalue weighted by atomic mass is 16.7. The van der Waals surface area contributed by atoms with E-state index >= 15 is 0 Å². The molecule has 1 saturated heterocycles. The predicted molar refractivity (Wildman–Crippen MR) is 177 cm³/mol. The van der Waals surface area contributed by atoms with Crippen LogP contribution in [0.3, 0.4) is 0 Å². The van der Waals surface area contributed by atoms with Crippen molar-refractivity contribution >= 4 is 23.5 Å². The molecule has 6 aromatic rings. The van der Waals surface area contributed by atoms with Crippen LogP contribution in [0.2, 0.25) is 0 Å². The van der Waals surface area contributed by atoms with Crippen LogP contribution in [0, 0.1) is 0 Å². The summed E-state index contributed by atoms with van der Waals surface area (Å²) in [7, 11) is -0.413. The van der Waals surface area contributed by atoms with Gasteiger partial charge in [-0.15, -0.1) is 0 Å². The number of fused-ring (bicyclic) bond motifs is 1. The molecule has 0 saturated carbocycles. The van der Waals surface area contributed by atoms with Crippen LogP contribution in [0.15, 0.2) is 127 Å². The van der Waals surface area contributed by atoms with Gasteiger partial charge < -0.3 is 9.31 Å². The van der Waals surface area contributed by atoms with Gasteiger partial charge in [0.15, 0.2) is 5.82 Å². The first kappa shape index (κ1) is 27.3. The Morgan fingerprint density at radius 2 is 1.00 bits per heavy atom. The first-order valence-electron chi connectivity index (χ1n) is 14.8. The molecule has 0 bridgehead atoms. The van der Waals surface area contributed by atoms with E-state index < -0.39 is 7.12 Å². The summed E-state index contributed by atoms with van der Waals surface area (Å²) in [6.07, 6.45) is 0. The minimum atomic E-state index is -0.413. The van der Waals surface area contributed by atoms with Crippen LogP contribution in [-0.2, 0) is 9.31 Å². The number of para-hydroxylation sites is 1. The first-order chi connectivity index (χ1) is 20.8. The third-order valence-corrected chi connectivity index (χ3v) is 8.72. The Bertz CT molecular complexity index is 1850. The summed E-state index contributed by atoms with van der Waals surface area (Å²) in [5.41, 5.74) is 8.63. The number of nitrogens with zero attached hydrogens (tertiary/aromatic N) is 2. The highest BCUT2D eigenvalue weighted by Gasteiger charge is 2.51. The van der Waals surface area contributed by atoms with Crippen molar-refractivity contribution in [1.29, 1.82) is 0 Å². The quantitative estimate of drug-likeness (QED) is 0.198. The van der Waals surface area contributed by atoms with E-state index in [0.29, 0.717) is 5.82 Å². The number of rotatable bonds is 5. The highest BCUT2D eigenvalue weighted by Crippen LogP contribution is 2.38. The van der Waals surface area contributed by atoms with Gasteiger partial charge in [-0.1, -0.05) is 103 Å². The second kappa shape index (κ2) is 10.6. The Morgan fingerprint density at radius 3 is 1.58 bits per heavy atom. The average Bonchev–Trinajstić information content (AvgIpc) is 3.27. The molecule has 0 unspecified atom stereocenters. The lowest BCUT2D eigenvalue weighted by atomic mass is 9.79. The van der Waals surface area contributed by atoms with Gasteiger partial charge in [0, 0.05) is 16.5 Å². The molecule has 0 amide bonds. The molecule has 210 valence electrons. The molecule has 7 rings (SSSR count). The molecule has 2 heterocycles. The minimum absolute atomic E-state index is 0.389. The van der Waals surface area contributed by atoms with Crippen LogP contribution >= 0.6 is 0 Å². The lowest BCUT2D eigenvalue weighted by molar-refractivity contribution is 0.00578. The van der Waals surface area contributed by atoms with Crippen LogP contribution in [0.1, 0.15) is 27.7 Å². The normalized spacial score (nSPS) is 15.6. The SMILES string of the molecule is CC1(C)OB(c2ccc(-c3nc(-c4cc(-c5ccccc5)cc(-c5ccccc5)c4)c4ccccc4n3)cc2)OC1(C)C. The van der Waals surface area contributed by atoms with Crippen molar-refractivity contribution < 1.29 is 9.31 Å². The molecule has 1 aliphatic heterocycles. The Kier molecular flexibility index (Phi) is 6.73. The summed E-state index contributed by atoms with van der Waals surface area (Å²) >= 11 is 0. The third-order valence-electron chi connectivity index (χ3n) is 8.72. The van der Waals surface area contributed by atoms with Gasteiger partial charge in [0.1, 0.15) is 0 Å². The topological polar surface area (TPSA) is 44.2 Å². The Labute approximate surface area is 253 Å². The fourth-order valence-electron chi connectivity index (χ4n) is 5.55. The van der Waals surface area contributed by atoms with Gasteiger partial charge in [-0.05, 0) is 79.7 Å². The Hall–Kier alpha value is -4.58. The van der Waals surface area contributed by atoms with Gasteiger partial charge in [-0.2, -0.15) is 0 Å². The van der Waals surface area contributed by atoms with Crippen molar-refractivity contribution in [2.45, 2.75) is 38.9 Å². The van der Waals surface area contributed by atoms with E-state index in [0.717, 1.165) is 44.3 Å². The van der Waals surface area contributed by atoms with Crippen molar-refractivity contribution in [1.82, 2.24) is 9.97 Å². The van der Waals surface area contributed by atoms with E-state index in [1.54, 1.807) is 0 Å². The Morgan fingerprint density at radius 1 is 0.488 bits per heavy atom. The van der Waals surface area contributed by atoms with E-state index in [1.165, 1.54) is 11.1 Å². The highest BCUT2D eigenvalue weighted by molar-refractivity contribution is 6.62. The van der Waals surface area contributed by atoms with E-state index in [9.17, 15) is 0 Å². The zero-order valence-electron chi connectivity index (χ0n) is 24.9. The summed E-state index contributed by atoms with van der Waals surface area (Å²) in [6, 6.07) is 44.2. The molecule has 0 radical (unpaired) electrons. The van der Waals surface area contributed by atoms with Crippen LogP contribution < -0.4 is 5.46 Å². The zero-order chi connectivity index (χ0) is 29.6. The number of hydrogen-bond acceptors (Lipinski definition) is 4. The van der Waals surface area contributed by atoms with Crippen LogP contribution in [0.4, 0.5) is 0 Å². The molecule has 1 aliphatic rings. The third kappa shape index (κ3) is 5.16. The van der Waals surface area contributed by atoms with E-state index in [-0.39, 0.29) is 11.2 Å². The van der Waals surface area contributed by atoms with E-state index in [4.69, 9.17) is 19.3 Å². The number of aromatic nitrogens is 2. The summed E-state index contributed by atoms with van der Waals surface area (Å²) < 4.78 is 12.5. The summed E-state index contributed by atoms with van der Waals surface area (Å²) in [5.74, 6) is 0.681. The van der Waals surface area contributed by atoms with Crippen molar-refractivity contribution in [3.05, 3.63) is 127 Å². The fraction of sp³-hybridized carbons (Fsp3) is 0.158. The van der Waals surface area contributed by atoms with Crippen molar-refractivity contribution in [3.8, 4) is 44.9 Å². The Balaban J connectivity index is 1.34. The van der Waals surface area contributed by atoms with Crippen molar-refractivity contribution in [3.63, 3.8) is 0 Å². The summed E-state index contributed by atoms with van der Waals surface area (Å²) in [6.45, 7) is 8.28. The van der Waals surface area contributed by atoms with Crippen molar-refractivity contribution in [2.24, 2.45) is 0 Å². The van der Waals surface area contributed by atoms with Crippen LogP contribution in [-0.4, -0.2) is 28.3 Å². The molecule has 43 heavy (non-hydrogen) atoms. The molecule has 0 N–H and O–H groups in total. The average molecular weight is 561 g/mol. The fourth-order valence-corrected chi connectivity index (χ4v) is 5.55. The first-order valence-corrected chi connectivity index (χ1v) is 14.8. The van der Waals surface area contributed by atoms with Gasteiger partial charge in [0.05, 0.1) is 22.4 Å². The largest absolute Gasteiger partial charge is 0.494 e. The lowest BCUT2D eigenvalue weighted by Gasteiger charge is -2.32. The molecular weight excluding hydrogens is 527 g/mol. The second-order valence-corrected chi connectivity index (χ2v) is 12.2. The number of hydrogen-bond donors (Lipinski definition) is 0. The standard InChI is InChI=1S/C38H33BN2O2/c1-37(2)38(3,4)43-39(42-37)32-21-19-28(20-22-32)36-40-34-18-12-11-17-33(34)35(41-36)31-24-29(26-13-7-5-8-14-26)23-30(25-31)27-15-9-6-10-16-27/h5-25H,1-4H3. The molecule has 4 nitrogen and oxygen atoms in total. The van der Waals surface area contributed by atoms with Gasteiger partial charge in [-0.3, -0.25) is 0 Å². The maximum absolute atomic E-state index is 6.27. The maximum Gasteiger partial charge on any atom is 0.494 e.